The fourth-order valence-corrected chi connectivity index (χ4v) is 1.26. The largest absolute Gasteiger partial charge is 0.508 e. The fraction of sp³-hybridized carbons (Fsp3) is 0.0833. The summed E-state index contributed by atoms with van der Waals surface area (Å²) in [6.45, 7) is 0. The van der Waals surface area contributed by atoms with Crippen LogP contribution in [-0.2, 0) is 4.74 Å². The normalized spacial score (nSPS) is 18.1. The number of hydrogen-bond donors (Lipinski definition) is 1. The van der Waals surface area contributed by atoms with E-state index >= 15 is 0 Å². The Morgan fingerprint density at radius 3 is 3.07 bits per heavy atom. The predicted molar refractivity (Wildman–Crippen MR) is 57.8 cm³/mol. The molecule has 0 amide bonds. The molecule has 0 aliphatic carbocycles. The van der Waals surface area contributed by atoms with Crippen LogP contribution in [0.4, 0.5) is 0 Å². The third-order valence-corrected chi connectivity index (χ3v) is 1.93. The van der Waals surface area contributed by atoms with E-state index in [2.05, 4.69) is 4.98 Å². The third-order valence-electron chi connectivity index (χ3n) is 1.93. The molecule has 3 heteroatoms. The molecule has 2 heterocycles. The van der Waals surface area contributed by atoms with Crippen LogP contribution in [0.5, 0.6) is 0 Å². The second-order valence-electron chi connectivity index (χ2n) is 3.13. The molecule has 0 radical (unpaired) electrons. The van der Waals surface area contributed by atoms with Crippen LogP contribution in [0, 0.1) is 0 Å². The van der Waals surface area contributed by atoms with E-state index in [0.717, 1.165) is 17.9 Å². The van der Waals surface area contributed by atoms with Gasteiger partial charge in [-0.05, 0) is 18.2 Å². The van der Waals surface area contributed by atoms with Crippen molar-refractivity contribution in [3.63, 3.8) is 0 Å². The van der Waals surface area contributed by atoms with Gasteiger partial charge in [0.2, 0.25) is 0 Å². The summed E-state index contributed by atoms with van der Waals surface area (Å²) in [5, 5.41) is 9.60. The van der Waals surface area contributed by atoms with Crippen LogP contribution < -0.4 is 0 Å². The van der Waals surface area contributed by atoms with Crippen molar-refractivity contribution in [3.8, 4) is 0 Å². The molecule has 0 fully saturated rings. The Hall–Kier alpha value is -2.03. The highest BCUT2D eigenvalue weighted by atomic mass is 16.5. The molecule has 0 spiro atoms. The highest BCUT2D eigenvalue weighted by Crippen LogP contribution is 2.15. The van der Waals surface area contributed by atoms with Crippen LogP contribution in [-0.4, -0.2) is 10.1 Å². The summed E-state index contributed by atoms with van der Waals surface area (Å²) in [6.07, 6.45) is 9.09. The molecule has 0 bridgehead atoms. The summed E-state index contributed by atoms with van der Waals surface area (Å²) in [5.41, 5.74) is 0.720. The van der Waals surface area contributed by atoms with Gasteiger partial charge in [-0.15, -0.1) is 0 Å². The smallest absolute Gasteiger partial charge is 0.121 e. The molecule has 0 saturated carbocycles. The summed E-state index contributed by atoms with van der Waals surface area (Å²) >= 11 is 0. The lowest BCUT2D eigenvalue weighted by Gasteiger charge is -1.97. The van der Waals surface area contributed by atoms with Crippen LogP contribution in [0.25, 0.3) is 6.08 Å². The molecule has 15 heavy (non-hydrogen) atoms. The predicted octanol–water partition coefficient (Wildman–Crippen LogP) is 2.80. The lowest BCUT2D eigenvalue weighted by molar-refractivity contribution is 0.358. The van der Waals surface area contributed by atoms with Gasteiger partial charge >= 0.3 is 0 Å². The summed E-state index contributed by atoms with van der Waals surface area (Å²) in [5.74, 6) is 0.882. The maximum absolute atomic E-state index is 9.60. The zero-order chi connectivity index (χ0) is 10.5. The maximum atomic E-state index is 9.60. The molecule has 1 aliphatic rings. The molecule has 0 saturated heterocycles. The van der Waals surface area contributed by atoms with Gasteiger partial charge in [0.05, 0.1) is 12.0 Å². The second-order valence-corrected chi connectivity index (χ2v) is 3.13. The summed E-state index contributed by atoms with van der Waals surface area (Å²) in [4.78, 5) is 4.07. The Morgan fingerprint density at radius 1 is 1.47 bits per heavy atom. The Balaban J connectivity index is 2.11. The fourth-order valence-electron chi connectivity index (χ4n) is 1.26. The van der Waals surface area contributed by atoms with Crippen LogP contribution in [0.3, 0.4) is 0 Å². The Kier molecular flexibility index (Phi) is 2.83. The van der Waals surface area contributed by atoms with Gasteiger partial charge in [-0.1, -0.05) is 6.07 Å². The minimum atomic E-state index is 0.146. The van der Waals surface area contributed by atoms with E-state index in [4.69, 9.17) is 4.74 Å². The zero-order valence-electron chi connectivity index (χ0n) is 8.13. The molecule has 1 N–H and O–H groups in total. The highest BCUT2D eigenvalue weighted by Gasteiger charge is 2.02. The molecule has 0 aromatic carbocycles. The number of rotatable bonds is 2. The number of allylic oxidation sites excluding steroid dienone is 2. The Morgan fingerprint density at radius 2 is 2.40 bits per heavy atom. The minimum Gasteiger partial charge on any atom is -0.508 e. The van der Waals surface area contributed by atoms with Gasteiger partial charge in [0.15, 0.2) is 0 Å². The average molecular weight is 201 g/mol. The SMILES string of the molecule is OC(=Cc1ccccn1)C=C1CC=CO1. The first-order chi connectivity index (χ1) is 7.34. The van der Waals surface area contributed by atoms with Gasteiger partial charge in [-0.2, -0.15) is 0 Å². The molecular weight excluding hydrogens is 190 g/mol. The first-order valence-corrected chi connectivity index (χ1v) is 4.68. The van der Waals surface area contributed by atoms with E-state index in [-0.39, 0.29) is 5.76 Å². The molecule has 1 aliphatic heterocycles. The standard InChI is InChI=1S/C12H11NO2/c14-11(9-12-5-3-7-15-12)8-10-4-1-2-6-13-10/h1-4,6-9,14H,5H2. The number of ether oxygens (including phenoxy) is 1. The molecule has 1 aromatic rings. The summed E-state index contributed by atoms with van der Waals surface area (Å²) < 4.78 is 5.12. The number of hydrogen-bond acceptors (Lipinski definition) is 3. The summed E-state index contributed by atoms with van der Waals surface area (Å²) in [7, 11) is 0. The van der Waals surface area contributed by atoms with Crippen molar-refractivity contribution in [3.05, 3.63) is 60.0 Å². The van der Waals surface area contributed by atoms with Crippen LogP contribution in [0.15, 0.2) is 54.3 Å². The van der Waals surface area contributed by atoms with Gasteiger partial charge < -0.3 is 9.84 Å². The zero-order valence-corrected chi connectivity index (χ0v) is 8.13. The lowest BCUT2D eigenvalue weighted by atomic mass is 10.2. The second kappa shape index (κ2) is 4.46. The van der Waals surface area contributed by atoms with Gasteiger partial charge in [-0.25, -0.2) is 0 Å². The van der Waals surface area contributed by atoms with E-state index < -0.39 is 0 Å². The van der Waals surface area contributed by atoms with Crippen molar-refractivity contribution in [1.29, 1.82) is 0 Å². The monoisotopic (exact) mass is 201 g/mol. The van der Waals surface area contributed by atoms with E-state index in [0.29, 0.717) is 0 Å². The van der Waals surface area contributed by atoms with Gasteiger partial charge in [0, 0.05) is 24.8 Å². The third kappa shape index (κ3) is 2.71. The molecule has 1 aromatic heterocycles. The first kappa shape index (κ1) is 9.52. The lowest BCUT2D eigenvalue weighted by Crippen LogP contribution is -1.83. The minimum absolute atomic E-state index is 0.146. The van der Waals surface area contributed by atoms with Crippen molar-refractivity contribution in [1.82, 2.24) is 4.98 Å². The number of aliphatic hydroxyl groups is 1. The van der Waals surface area contributed by atoms with Gasteiger partial charge in [-0.3, -0.25) is 4.98 Å². The average Bonchev–Trinajstić information content (AvgIpc) is 2.71. The van der Waals surface area contributed by atoms with Crippen molar-refractivity contribution >= 4 is 6.08 Å². The van der Waals surface area contributed by atoms with Crippen LogP contribution in [0.1, 0.15) is 12.1 Å². The molecule has 76 valence electrons. The topological polar surface area (TPSA) is 42.4 Å². The Bertz CT molecular complexity index is 409. The highest BCUT2D eigenvalue weighted by molar-refractivity contribution is 5.49. The van der Waals surface area contributed by atoms with Crippen molar-refractivity contribution in [2.75, 3.05) is 0 Å². The van der Waals surface area contributed by atoms with Crippen molar-refractivity contribution in [2.24, 2.45) is 0 Å². The van der Waals surface area contributed by atoms with Gasteiger partial charge in [0.25, 0.3) is 0 Å². The van der Waals surface area contributed by atoms with E-state index in [9.17, 15) is 5.11 Å². The molecule has 0 unspecified atom stereocenters. The molecule has 0 atom stereocenters. The van der Waals surface area contributed by atoms with Crippen molar-refractivity contribution in [2.45, 2.75) is 6.42 Å². The van der Waals surface area contributed by atoms with Crippen LogP contribution >= 0.6 is 0 Å². The number of nitrogens with zero attached hydrogens (tertiary/aromatic N) is 1. The molecule has 3 nitrogen and oxygen atoms in total. The number of pyridine rings is 1. The van der Waals surface area contributed by atoms with Crippen molar-refractivity contribution < 1.29 is 9.84 Å². The summed E-state index contributed by atoms with van der Waals surface area (Å²) in [6, 6.07) is 5.52. The first-order valence-electron chi connectivity index (χ1n) is 4.68. The van der Waals surface area contributed by atoms with E-state index in [1.54, 1.807) is 24.6 Å². The molecule has 2 rings (SSSR count). The molecular formula is C12H11NO2. The Labute approximate surface area is 88.0 Å². The number of aliphatic hydroxyl groups excluding tert-OH is 1. The van der Waals surface area contributed by atoms with E-state index in [1.807, 2.05) is 24.3 Å². The van der Waals surface area contributed by atoms with Gasteiger partial charge in [0.1, 0.15) is 11.5 Å². The quantitative estimate of drug-likeness (QED) is 0.748. The maximum Gasteiger partial charge on any atom is 0.121 e. The van der Waals surface area contributed by atoms with E-state index in [1.165, 1.54) is 0 Å². The van der Waals surface area contributed by atoms with Crippen LogP contribution in [0.2, 0.25) is 0 Å². The number of aromatic nitrogens is 1.